The Bertz CT molecular complexity index is 639. The monoisotopic (exact) mass is 252 g/mol. The van der Waals surface area contributed by atoms with Gasteiger partial charge in [-0.05, 0) is 24.2 Å². The number of hydrogen-bond donors (Lipinski definition) is 1. The topological polar surface area (TPSA) is 28.7 Å². The molecule has 0 amide bonds. The Balaban J connectivity index is 1.95. The number of benzene rings is 1. The van der Waals surface area contributed by atoms with Gasteiger partial charge >= 0.3 is 0 Å². The Morgan fingerprint density at radius 3 is 2.63 bits per heavy atom. The molecule has 4 rings (SSSR count). The van der Waals surface area contributed by atoms with Crippen molar-refractivity contribution in [1.29, 1.82) is 0 Å². The van der Waals surface area contributed by atoms with Crippen LogP contribution in [0.3, 0.4) is 0 Å². The van der Waals surface area contributed by atoms with Crippen LogP contribution in [0.4, 0.5) is 0 Å². The first-order chi connectivity index (χ1) is 9.06. The van der Waals surface area contributed by atoms with E-state index in [4.69, 9.17) is 0 Å². The molecule has 1 N–H and O–H groups in total. The predicted octanol–water partition coefficient (Wildman–Crippen LogP) is 4.25. The first-order valence-electron chi connectivity index (χ1n) is 7.20. The molecule has 0 radical (unpaired) electrons. The number of H-pyrrole nitrogens is 1. The van der Waals surface area contributed by atoms with Crippen molar-refractivity contribution >= 4 is 0 Å². The van der Waals surface area contributed by atoms with Crippen LogP contribution >= 0.6 is 0 Å². The number of nitrogens with zero attached hydrogens (tertiary/aromatic N) is 1. The van der Waals surface area contributed by atoms with E-state index in [0.29, 0.717) is 11.3 Å². The summed E-state index contributed by atoms with van der Waals surface area (Å²) in [6.45, 7) is 7.26. The lowest BCUT2D eigenvalue weighted by Gasteiger charge is -2.34. The van der Waals surface area contributed by atoms with Gasteiger partial charge in [-0.3, -0.25) is 5.10 Å². The van der Waals surface area contributed by atoms with Crippen molar-refractivity contribution in [2.45, 2.75) is 44.9 Å². The summed E-state index contributed by atoms with van der Waals surface area (Å²) in [6, 6.07) is 10.6. The van der Waals surface area contributed by atoms with E-state index in [1.54, 1.807) is 0 Å². The van der Waals surface area contributed by atoms with Crippen molar-refractivity contribution in [2.75, 3.05) is 0 Å². The average molecular weight is 252 g/mol. The van der Waals surface area contributed by atoms with Gasteiger partial charge in [-0.15, -0.1) is 0 Å². The zero-order valence-corrected chi connectivity index (χ0v) is 11.8. The van der Waals surface area contributed by atoms with Crippen molar-refractivity contribution in [3.8, 4) is 11.3 Å². The Morgan fingerprint density at radius 1 is 1.16 bits per heavy atom. The molecule has 2 atom stereocenters. The van der Waals surface area contributed by atoms with E-state index >= 15 is 0 Å². The fraction of sp³-hybridized carbons (Fsp3) is 0.471. The minimum absolute atomic E-state index is 0.271. The fourth-order valence-corrected chi connectivity index (χ4v) is 4.38. The highest BCUT2D eigenvalue weighted by molar-refractivity contribution is 5.68. The summed E-state index contributed by atoms with van der Waals surface area (Å²) in [4.78, 5) is 0. The van der Waals surface area contributed by atoms with Crippen molar-refractivity contribution in [2.24, 2.45) is 5.41 Å². The van der Waals surface area contributed by atoms with Gasteiger partial charge in [0.25, 0.3) is 0 Å². The van der Waals surface area contributed by atoms with Crippen LogP contribution in [0.1, 0.15) is 50.8 Å². The maximum absolute atomic E-state index is 4.63. The van der Waals surface area contributed by atoms with E-state index in [-0.39, 0.29) is 5.41 Å². The van der Waals surface area contributed by atoms with Crippen molar-refractivity contribution < 1.29 is 0 Å². The molecule has 19 heavy (non-hydrogen) atoms. The number of nitrogens with one attached hydrogen (secondary N) is 1. The van der Waals surface area contributed by atoms with Crippen LogP contribution in [0.25, 0.3) is 11.3 Å². The standard InChI is InChI=1S/C17H20N2/c1-16(2)12-9-10-17(16,3)15-13(12)14(18-19-15)11-7-5-4-6-8-11/h4-8,12H,9-10H2,1-3H3,(H,18,19)/t12-,17-/m1/s1. The number of fused-ring (bicyclic) bond motifs is 5. The molecule has 2 aromatic rings. The number of hydrogen-bond acceptors (Lipinski definition) is 1. The number of aromatic nitrogens is 2. The van der Waals surface area contributed by atoms with Gasteiger partial charge in [0, 0.05) is 22.2 Å². The molecule has 2 nitrogen and oxygen atoms in total. The first-order valence-corrected chi connectivity index (χ1v) is 7.20. The predicted molar refractivity (Wildman–Crippen MR) is 77.1 cm³/mol. The van der Waals surface area contributed by atoms with E-state index in [2.05, 4.69) is 61.3 Å². The van der Waals surface area contributed by atoms with Crippen LogP contribution in [0.5, 0.6) is 0 Å². The lowest BCUT2D eigenvalue weighted by molar-refractivity contribution is 0.225. The van der Waals surface area contributed by atoms with Gasteiger partial charge in [0.15, 0.2) is 0 Å². The summed E-state index contributed by atoms with van der Waals surface area (Å²) in [5.41, 5.74) is 5.93. The van der Waals surface area contributed by atoms with Crippen molar-refractivity contribution in [3.63, 3.8) is 0 Å². The first kappa shape index (κ1) is 11.3. The molecule has 98 valence electrons. The average Bonchev–Trinajstić information content (AvgIpc) is 2.98. The number of rotatable bonds is 1. The van der Waals surface area contributed by atoms with Gasteiger partial charge in [-0.2, -0.15) is 5.10 Å². The molecule has 0 spiro atoms. The van der Waals surface area contributed by atoms with Gasteiger partial charge in [0.05, 0.1) is 5.69 Å². The molecular formula is C17H20N2. The van der Waals surface area contributed by atoms with Gasteiger partial charge in [-0.1, -0.05) is 51.1 Å². The summed E-state index contributed by atoms with van der Waals surface area (Å²) in [5.74, 6) is 0.654. The fourth-order valence-electron chi connectivity index (χ4n) is 4.38. The molecule has 2 aliphatic rings. The number of aromatic amines is 1. The van der Waals surface area contributed by atoms with Gasteiger partial charge in [-0.25, -0.2) is 0 Å². The van der Waals surface area contributed by atoms with Crippen LogP contribution in [-0.2, 0) is 5.41 Å². The zero-order valence-electron chi connectivity index (χ0n) is 11.8. The van der Waals surface area contributed by atoms with Gasteiger partial charge < -0.3 is 0 Å². The summed E-state index contributed by atoms with van der Waals surface area (Å²) in [7, 11) is 0. The van der Waals surface area contributed by atoms with E-state index in [9.17, 15) is 0 Å². The highest BCUT2D eigenvalue weighted by Crippen LogP contribution is 2.68. The minimum atomic E-state index is 0.271. The highest BCUT2D eigenvalue weighted by Gasteiger charge is 2.61. The smallest absolute Gasteiger partial charge is 0.0958 e. The highest BCUT2D eigenvalue weighted by atomic mass is 15.1. The van der Waals surface area contributed by atoms with Crippen LogP contribution in [0.2, 0.25) is 0 Å². The molecule has 1 heterocycles. The van der Waals surface area contributed by atoms with Crippen LogP contribution < -0.4 is 0 Å². The van der Waals surface area contributed by atoms with E-state index < -0.39 is 0 Å². The molecule has 1 aromatic carbocycles. The van der Waals surface area contributed by atoms with Gasteiger partial charge in [0.1, 0.15) is 0 Å². The van der Waals surface area contributed by atoms with E-state index in [1.807, 2.05) is 0 Å². The SMILES string of the molecule is CC1(C)[C@@H]2CC[C@]1(C)c1[nH]nc(-c3ccccc3)c12. The molecule has 0 aliphatic heterocycles. The van der Waals surface area contributed by atoms with Crippen molar-refractivity contribution in [1.82, 2.24) is 10.2 Å². The molecule has 2 heteroatoms. The maximum atomic E-state index is 4.63. The van der Waals surface area contributed by atoms with Crippen LogP contribution in [0.15, 0.2) is 30.3 Å². The second kappa shape index (κ2) is 3.30. The minimum Gasteiger partial charge on any atom is -0.281 e. The molecule has 2 aliphatic carbocycles. The Morgan fingerprint density at radius 2 is 1.89 bits per heavy atom. The second-order valence-electron chi connectivity index (χ2n) is 6.87. The normalized spacial score (nSPS) is 30.6. The molecule has 0 saturated heterocycles. The Hall–Kier alpha value is -1.57. The summed E-state index contributed by atoms with van der Waals surface area (Å²) in [6.07, 6.45) is 2.59. The quantitative estimate of drug-likeness (QED) is 0.807. The molecule has 1 fully saturated rings. The summed E-state index contributed by atoms with van der Waals surface area (Å²) >= 11 is 0. The molecular weight excluding hydrogens is 232 g/mol. The largest absolute Gasteiger partial charge is 0.281 e. The Labute approximate surface area is 114 Å². The van der Waals surface area contributed by atoms with E-state index in [1.165, 1.54) is 35.4 Å². The maximum Gasteiger partial charge on any atom is 0.0958 e. The summed E-state index contributed by atoms with van der Waals surface area (Å²) in [5, 5.41) is 8.00. The molecule has 2 bridgehead atoms. The zero-order chi connectivity index (χ0) is 13.3. The van der Waals surface area contributed by atoms with Crippen molar-refractivity contribution in [3.05, 3.63) is 41.6 Å². The Kier molecular flexibility index (Phi) is 1.96. The summed E-state index contributed by atoms with van der Waals surface area (Å²) < 4.78 is 0. The molecule has 1 saturated carbocycles. The van der Waals surface area contributed by atoms with E-state index in [0.717, 1.165) is 0 Å². The second-order valence-corrected chi connectivity index (χ2v) is 6.87. The third-order valence-electron chi connectivity index (χ3n) is 5.98. The molecule has 0 unspecified atom stereocenters. The van der Waals surface area contributed by atoms with Gasteiger partial charge in [0.2, 0.25) is 0 Å². The molecule has 1 aromatic heterocycles. The van der Waals surface area contributed by atoms with Crippen LogP contribution in [-0.4, -0.2) is 10.2 Å². The third-order valence-corrected chi connectivity index (χ3v) is 5.98. The third kappa shape index (κ3) is 1.15. The van der Waals surface area contributed by atoms with Crippen LogP contribution in [0, 0.1) is 5.41 Å². The lowest BCUT2D eigenvalue weighted by Crippen LogP contribution is -2.32. The lowest BCUT2D eigenvalue weighted by atomic mass is 9.70.